The molecule has 1 atom stereocenters. The molecule has 1 unspecified atom stereocenters. The Balaban J connectivity index is 0.00000450. The number of amides is 1. The first-order chi connectivity index (χ1) is 14.0. The standard InChI is InChI=1S/C22H36N4O3.HI/c1-6-23-22(24-11-10-21(27)26(7-2)8-3)25-15-18-14-20-17(12-16(5)29-20)13-19(18)28-9-4;/h13-14,16H,6-12,15H2,1-5H3,(H2,23,24,25);1H. The van der Waals surface area contributed by atoms with Crippen molar-refractivity contribution < 1.29 is 14.3 Å². The lowest BCUT2D eigenvalue weighted by Crippen LogP contribution is -2.40. The highest BCUT2D eigenvalue weighted by Crippen LogP contribution is 2.35. The molecule has 8 heteroatoms. The number of hydrogen-bond acceptors (Lipinski definition) is 4. The normalized spacial score (nSPS) is 15.0. The van der Waals surface area contributed by atoms with E-state index in [2.05, 4.69) is 28.6 Å². The quantitative estimate of drug-likeness (QED) is 0.275. The first-order valence-corrected chi connectivity index (χ1v) is 10.8. The molecule has 0 aliphatic carbocycles. The Kier molecular flexibility index (Phi) is 11.9. The van der Waals surface area contributed by atoms with Gasteiger partial charge in [-0.15, -0.1) is 24.0 Å². The van der Waals surface area contributed by atoms with Crippen molar-refractivity contribution in [3.8, 4) is 11.5 Å². The van der Waals surface area contributed by atoms with Crippen molar-refractivity contribution in [3.63, 3.8) is 0 Å². The van der Waals surface area contributed by atoms with Crippen molar-refractivity contribution >= 4 is 35.8 Å². The zero-order valence-electron chi connectivity index (χ0n) is 18.9. The van der Waals surface area contributed by atoms with Gasteiger partial charge in [-0.3, -0.25) is 4.79 Å². The highest BCUT2D eigenvalue weighted by molar-refractivity contribution is 14.0. The number of fused-ring (bicyclic) bond motifs is 1. The molecule has 1 aliphatic heterocycles. The minimum atomic E-state index is 0. The molecule has 0 fully saturated rings. The van der Waals surface area contributed by atoms with Crippen LogP contribution in [0.5, 0.6) is 11.5 Å². The fourth-order valence-electron chi connectivity index (χ4n) is 3.42. The van der Waals surface area contributed by atoms with Crippen LogP contribution in [0.15, 0.2) is 17.1 Å². The molecule has 1 aromatic rings. The Bertz CT molecular complexity index is 708. The van der Waals surface area contributed by atoms with Crippen LogP contribution >= 0.6 is 24.0 Å². The van der Waals surface area contributed by atoms with Crippen LogP contribution < -0.4 is 20.1 Å². The number of benzene rings is 1. The maximum atomic E-state index is 12.2. The van der Waals surface area contributed by atoms with Gasteiger partial charge < -0.3 is 25.0 Å². The van der Waals surface area contributed by atoms with Gasteiger partial charge in [0.25, 0.3) is 0 Å². The summed E-state index contributed by atoms with van der Waals surface area (Å²) in [5.41, 5.74) is 2.18. The van der Waals surface area contributed by atoms with Gasteiger partial charge >= 0.3 is 0 Å². The molecule has 2 rings (SSSR count). The molecular weight excluding hydrogens is 495 g/mol. The Hall–Kier alpha value is -1.71. The molecule has 0 radical (unpaired) electrons. The van der Waals surface area contributed by atoms with Gasteiger partial charge in [0.15, 0.2) is 5.96 Å². The molecule has 1 heterocycles. The second kappa shape index (κ2) is 13.6. The molecule has 170 valence electrons. The predicted molar refractivity (Wildman–Crippen MR) is 132 cm³/mol. The zero-order chi connectivity index (χ0) is 21.2. The Labute approximate surface area is 198 Å². The fraction of sp³-hybridized carbons (Fsp3) is 0.636. The maximum Gasteiger partial charge on any atom is 0.224 e. The summed E-state index contributed by atoms with van der Waals surface area (Å²) in [7, 11) is 0. The van der Waals surface area contributed by atoms with Crippen molar-refractivity contribution in [1.82, 2.24) is 15.5 Å². The van der Waals surface area contributed by atoms with E-state index in [1.54, 1.807) is 0 Å². The van der Waals surface area contributed by atoms with Gasteiger partial charge in [0.2, 0.25) is 5.91 Å². The van der Waals surface area contributed by atoms with E-state index in [-0.39, 0.29) is 36.0 Å². The van der Waals surface area contributed by atoms with E-state index in [1.165, 1.54) is 5.56 Å². The summed E-state index contributed by atoms with van der Waals surface area (Å²) in [6.45, 7) is 13.9. The SMILES string of the molecule is CCNC(=NCc1cc2c(cc1OCC)CC(C)O2)NCCC(=O)N(CC)CC.I. The zero-order valence-corrected chi connectivity index (χ0v) is 21.2. The molecule has 1 aromatic carbocycles. The van der Waals surface area contributed by atoms with E-state index in [0.29, 0.717) is 32.1 Å². The van der Waals surface area contributed by atoms with Crippen molar-refractivity contribution in [2.45, 2.75) is 60.1 Å². The number of nitrogens with zero attached hydrogens (tertiary/aromatic N) is 2. The van der Waals surface area contributed by atoms with Crippen molar-refractivity contribution in [2.75, 3.05) is 32.8 Å². The molecule has 0 saturated heterocycles. The third kappa shape index (κ3) is 7.52. The molecule has 1 aliphatic rings. The summed E-state index contributed by atoms with van der Waals surface area (Å²) >= 11 is 0. The number of halogens is 1. The van der Waals surface area contributed by atoms with Crippen molar-refractivity contribution in [2.24, 2.45) is 4.99 Å². The second-order valence-corrected chi connectivity index (χ2v) is 7.07. The molecule has 0 spiro atoms. The number of carbonyl (C=O) groups is 1. The summed E-state index contributed by atoms with van der Waals surface area (Å²) in [5.74, 6) is 2.63. The first-order valence-electron chi connectivity index (χ1n) is 10.8. The van der Waals surface area contributed by atoms with Gasteiger partial charge in [0.05, 0.1) is 13.2 Å². The largest absolute Gasteiger partial charge is 0.494 e. The van der Waals surface area contributed by atoms with E-state index in [9.17, 15) is 4.79 Å². The third-order valence-corrected chi connectivity index (χ3v) is 4.88. The Morgan fingerprint density at radius 2 is 1.97 bits per heavy atom. The minimum absolute atomic E-state index is 0. The number of ether oxygens (including phenoxy) is 2. The van der Waals surface area contributed by atoms with Crippen LogP contribution in [0, 0.1) is 0 Å². The van der Waals surface area contributed by atoms with Gasteiger partial charge in [0, 0.05) is 50.1 Å². The van der Waals surface area contributed by atoms with Crippen LogP contribution in [-0.2, 0) is 17.8 Å². The molecule has 0 saturated carbocycles. The average Bonchev–Trinajstić information content (AvgIpc) is 3.06. The van der Waals surface area contributed by atoms with Gasteiger partial charge in [0.1, 0.15) is 17.6 Å². The van der Waals surface area contributed by atoms with E-state index in [4.69, 9.17) is 9.47 Å². The highest BCUT2D eigenvalue weighted by atomic mass is 127. The molecule has 7 nitrogen and oxygen atoms in total. The van der Waals surface area contributed by atoms with Crippen molar-refractivity contribution in [3.05, 3.63) is 23.3 Å². The van der Waals surface area contributed by atoms with Gasteiger partial charge in [-0.05, 0) is 46.8 Å². The summed E-state index contributed by atoms with van der Waals surface area (Å²) in [6, 6.07) is 4.12. The lowest BCUT2D eigenvalue weighted by atomic mass is 10.1. The summed E-state index contributed by atoms with van der Waals surface area (Å²) in [5, 5.41) is 6.49. The molecule has 0 aromatic heterocycles. The topological polar surface area (TPSA) is 75.2 Å². The molecular formula is C22H37IN4O3. The smallest absolute Gasteiger partial charge is 0.224 e. The number of guanidine groups is 1. The van der Waals surface area contributed by atoms with Crippen molar-refractivity contribution in [1.29, 1.82) is 0 Å². The van der Waals surface area contributed by atoms with E-state index < -0.39 is 0 Å². The fourth-order valence-corrected chi connectivity index (χ4v) is 3.42. The Morgan fingerprint density at radius 1 is 1.23 bits per heavy atom. The molecule has 30 heavy (non-hydrogen) atoms. The van der Waals surface area contributed by atoms with Gasteiger partial charge in [-0.25, -0.2) is 4.99 Å². The summed E-state index contributed by atoms with van der Waals surface area (Å²) in [6.07, 6.45) is 1.55. The number of carbonyl (C=O) groups excluding carboxylic acids is 1. The monoisotopic (exact) mass is 532 g/mol. The average molecular weight is 532 g/mol. The van der Waals surface area contributed by atoms with Crippen LogP contribution in [-0.4, -0.2) is 55.7 Å². The summed E-state index contributed by atoms with van der Waals surface area (Å²) in [4.78, 5) is 18.7. The first kappa shape index (κ1) is 26.3. The third-order valence-electron chi connectivity index (χ3n) is 4.88. The van der Waals surface area contributed by atoms with Crippen LogP contribution in [0.4, 0.5) is 0 Å². The number of aliphatic imine (C=N–C) groups is 1. The summed E-state index contributed by atoms with van der Waals surface area (Å²) < 4.78 is 11.7. The van der Waals surface area contributed by atoms with Crippen LogP contribution in [0.25, 0.3) is 0 Å². The second-order valence-electron chi connectivity index (χ2n) is 7.07. The number of rotatable bonds is 10. The van der Waals surface area contributed by atoms with E-state index in [1.807, 2.05) is 38.7 Å². The molecule has 2 N–H and O–H groups in total. The van der Waals surface area contributed by atoms with E-state index in [0.717, 1.165) is 43.1 Å². The van der Waals surface area contributed by atoms with E-state index >= 15 is 0 Å². The van der Waals surface area contributed by atoms with Crippen LogP contribution in [0.2, 0.25) is 0 Å². The maximum absolute atomic E-state index is 12.2. The lowest BCUT2D eigenvalue weighted by molar-refractivity contribution is -0.130. The minimum Gasteiger partial charge on any atom is -0.494 e. The number of nitrogens with one attached hydrogen (secondary N) is 2. The van der Waals surface area contributed by atoms with Gasteiger partial charge in [-0.1, -0.05) is 0 Å². The lowest BCUT2D eigenvalue weighted by Gasteiger charge is -2.19. The molecule has 1 amide bonds. The number of hydrogen-bond donors (Lipinski definition) is 2. The van der Waals surface area contributed by atoms with Gasteiger partial charge in [-0.2, -0.15) is 0 Å². The Morgan fingerprint density at radius 3 is 2.60 bits per heavy atom. The van der Waals surface area contributed by atoms with Crippen LogP contribution in [0.3, 0.4) is 0 Å². The predicted octanol–water partition coefficient (Wildman–Crippen LogP) is 3.34. The van der Waals surface area contributed by atoms with Crippen LogP contribution in [0.1, 0.15) is 52.2 Å². The highest BCUT2D eigenvalue weighted by Gasteiger charge is 2.21. The molecule has 0 bridgehead atoms.